The van der Waals surface area contributed by atoms with E-state index in [-0.39, 0.29) is 19.8 Å². The molecule has 0 N–H and O–H groups in total. The second kappa shape index (κ2) is 37.7. The summed E-state index contributed by atoms with van der Waals surface area (Å²) < 4.78 is 85.4. The zero-order valence-corrected chi connectivity index (χ0v) is 47.4. The summed E-state index contributed by atoms with van der Waals surface area (Å²) >= 11 is 0. The molecule has 2 aromatic carbocycles. The normalized spacial score (nSPS) is 11.9. The van der Waals surface area contributed by atoms with Gasteiger partial charge >= 0.3 is 12.2 Å². The number of carbonyl (C=O) groups is 2. The van der Waals surface area contributed by atoms with Gasteiger partial charge < -0.3 is 61.6 Å². The largest absolute Gasteiger partial charge is 0.475 e. The maximum Gasteiger partial charge on any atom is 0.414 e. The summed E-state index contributed by atoms with van der Waals surface area (Å²) in [7, 11) is 3.37. The molecular formula is C59H83FN4O15. The van der Waals surface area contributed by atoms with Crippen molar-refractivity contribution in [1.29, 1.82) is 0 Å². The number of halogens is 1. The molecule has 2 heterocycles. The molecule has 0 saturated heterocycles. The van der Waals surface area contributed by atoms with E-state index in [1.165, 1.54) is 9.80 Å². The van der Waals surface area contributed by atoms with Crippen molar-refractivity contribution in [3.05, 3.63) is 107 Å². The molecule has 4 aromatic rings. The first kappa shape index (κ1) is 65.4. The van der Waals surface area contributed by atoms with E-state index in [9.17, 15) is 14.0 Å². The average molecular weight is 1110 g/mol. The highest BCUT2D eigenvalue weighted by molar-refractivity contribution is 5.88. The lowest BCUT2D eigenvalue weighted by molar-refractivity contribution is -0.0778. The number of benzene rings is 2. The number of anilines is 2. The minimum Gasteiger partial charge on any atom is -0.475 e. The molecule has 2 amide bonds. The third kappa shape index (κ3) is 30.2. The Bertz CT molecular complexity index is 2150. The molecule has 0 fully saturated rings. The number of hydrogen-bond donors (Lipinski definition) is 0. The van der Waals surface area contributed by atoms with Crippen LogP contribution in [0.25, 0.3) is 24.3 Å². The zero-order chi connectivity index (χ0) is 57.0. The number of alkyl halides is 1. The van der Waals surface area contributed by atoms with Crippen LogP contribution in [0.2, 0.25) is 0 Å². The van der Waals surface area contributed by atoms with Crippen molar-refractivity contribution >= 4 is 47.9 Å². The summed E-state index contributed by atoms with van der Waals surface area (Å²) in [6.45, 7) is 17.0. The molecule has 0 aliphatic heterocycles. The van der Waals surface area contributed by atoms with Gasteiger partial charge in [0.2, 0.25) is 11.8 Å². The monoisotopic (exact) mass is 1110 g/mol. The average Bonchev–Trinajstić information content (AvgIpc) is 3.43. The van der Waals surface area contributed by atoms with Gasteiger partial charge in [-0.25, -0.2) is 23.9 Å². The van der Waals surface area contributed by atoms with Crippen molar-refractivity contribution in [3.63, 3.8) is 0 Å². The van der Waals surface area contributed by atoms with Crippen molar-refractivity contribution in [1.82, 2.24) is 9.97 Å². The molecule has 4 rings (SSSR count). The summed E-state index contributed by atoms with van der Waals surface area (Å²) in [5.74, 6) is 1.00. The van der Waals surface area contributed by atoms with Crippen molar-refractivity contribution < 1.29 is 75.6 Å². The number of carbonyl (C=O) groups excluding carboxylic acids is 2. The summed E-state index contributed by atoms with van der Waals surface area (Å²) in [5.41, 5.74) is 4.13. The second-order valence-electron chi connectivity index (χ2n) is 19.5. The van der Waals surface area contributed by atoms with Crippen LogP contribution in [0.4, 0.5) is 25.4 Å². The predicted molar refractivity (Wildman–Crippen MR) is 302 cm³/mol. The van der Waals surface area contributed by atoms with Gasteiger partial charge in [-0.1, -0.05) is 48.6 Å². The van der Waals surface area contributed by atoms with Crippen LogP contribution < -0.4 is 19.3 Å². The minimum absolute atomic E-state index is 0.0445. The number of amides is 2. The molecule has 0 unspecified atom stereocenters. The number of ether oxygens (including phenoxy) is 13. The third-order valence-corrected chi connectivity index (χ3v) is 10.6. The number of pyridine rings is 2. The van der Waals surface area contributed by atoms with Gasteiger partial charge in [-0.2, -0.15) is 0 Å². The lowest BCUT2D eigenvalue weighted by atomic mass is 10.1. The Morgan fingerprint density at radius 3 is 1.05 bits per heavy atom. The molecule has 0 saturated carbocycles. The Morgan fingerprint density at radius 2 is 0.747 bits per heavy atom. The number of rotatable bonds is 39. The summed E-state index contributed by atoms with van der Waals surface area (Å²) in [6, 6.07) is 22.7. The van der Waals surface area contributed by atoms with E-state index in [1.807, 2.05) is 127 Å². The van der Waals surface area contributed by atoms with Crippen LogP contribution >= 0.6 is 0 Å². The molecule has 0 aliphatic carbocycles. The van der Waals surface area contributed by atoms with Crippen LogP contribution in [0.5, 0.6) is 11.8 Å². The Morgan fingerprint density at radius 1 is 0.443 bits per heavy atom. The van der Waals surface area contributed by atoms with Gasteiger partial charge in [0.25, 0.3) is 0 Å². The molecule has 0 spiro atoms. The van der Waals surface area contributed by atoms with E-state index in [2.05, 4.69) is 9.97 Å². The molecular weight excluding hydrogens is 1020 g/mol. The van der Waals surface area contributed by atoms with E-state index in [0.717, 1.165) is 33.6 Å². The fourth-order valence-corrected chi connectivity index (χ4v) is 6.54. The Kier molecular flexibility index (Phi) is 31.3. The van der Waals surface area contributed by atoms with Crippen LogP contribution in [0.15, 0.2) is 85.2 Å². The van der Waals surface area contributed by atoms with Gasteiger partial charge in [0.1, 0.15) is 37.2 Å². The summed E-state index contributed by atoms with van der Waals surface area (Å²) in [4.78, 5) is 36.4. The van der Waals surface area contributed by atoms with Gasteiger partial charge in [0.15, 0.2) is 0 Å². The smallest absolute Gasteiger partial charge is 0.414 e. The van der Waals surface area contributed by atoms with Crippen molar-refractivity contribution in [2.45, 2.75) is 58.8 Å². The maximum absolute atomic E-state index is 12.8. The zero-order valence-electron chi connectivity index (χ0n) is 47.4. The van der Waals surface area contributed by atoms with Crippen LogP contribution in [0.1, 0.15) is 63.8 Å². The van der Waals surface area contributed by atoms with E-state index in [1.54, 1.807) is 38.6 Å². The first-order valence-corrected chi connectivity index (χ1v) is 26.6. The molecule has 20 heteroatoms. The standard InChI is InChI=1S/C59H83FN4O15/c1-58(2,3)78-56(65)63(7)51-19-13-47(14-20-51)9-11-49-17-23-54(61-43-49)76-41-39-71-33-31-67-27-29-69-35-37-73-45-53(75-26-25-60)46-74-38-36-70-30-28-68-32-34-72-40-42-77-55-24-18-50(44-62-55)12-10-48-15-21-52(22-16-48)64(8)57(66)79-59(4,5)6/h9-24,43-44,53H,25-42,45-46H2,1-8H3/b11-9+,12-10+. The Hall–Kier alpha value is -6.07. The van der Waals surface area contributed by atoms with Gasteiger partial charge in [-0.3, -0.25) is 9.80 Å². The van der Waals surface area contributed by atoms with E-state index >= 15 is 0 Å². The molecule has 0 atom stereocenters. The van der Waals surface area contributed by atoms with Crippen LogP contribution in [-0.2, 0) is 52.1 Å². The van der Waals surface area contributed by atoms with Crippen LogP contribution in [0.3, 0.4) is 0 Å². The maximum atomic E-state index is 12.8. The lowest BCUT2D eigenvalue weighted by Crippen LogP contribution is -2.34. The lowest BCUT2D eigenvalue weighted by Gasteiger charge is -2.24. The summed E-state index contributed by atoms with van der Waals surface area (Å²) in [6.07, 6.45) is 10.1. The highest BCUT2D eigenvalue weighted by Gasteiger charge is 2.22. The summed E-state index contributed by atoms with van der Waals surface area (Å²) in [5, 5.41) is 0. The first-order chi connectivity index (χ1) is 38.1. The van der Waals surface area contributed by atoms with Crippen molar-refractivity contribution in [2.75, 3.05) is 156 Å². The number of hydrogen-bond acceptors (Lipinski definition) is 17. The Balaban J connectivity index is 0.894. The fraction of sp³-hybridized carbons (Fsp3) is 0.525. The fourth-order valence-electron chi connectivity index (χ4n) is 6.54. The van der Waals surface area contributed by atoms with Crippen LogP contribution in [-0.4, -0.2) is 186 Å². The van der Waals surface area contributed by atoms with Gasteiger partial charge in [-0.15, -0.1) is 0 Å². The highest BCUT2D eigenvalue weighted by Crippen LogP contribution is 2.21. The van der Waals surface area contributed by atoms with Crippen molar-refractivity contribution in [3.8, 4) is 11.8 Å². The van der Waals surface area contributed by atoms with Crippen molar-refractivity contribution in [2.24, 2.45) is 0 Å². The molecule has 436 valence electrons. The van der Waals surface area contributed by atoms with Gasteiger partial charge in [0, 0.05) is 50.0 Å². The molecule has 0 bridgehead atoms. The Labute approximate surface area is 466 Å². The predicted octanol–water partition coefficient (Wildman–Crippen LogP) is 9.51. The topological polar surface area (TPSA) is 186 Å². The third-order valence-electron chi connectivity index (χ3n) is 10.6. The SMILES string of the molecule is CN(C(=O)OC(C)(C)C)c1ccc(/C=C/c2ccc(OCCOCCOCCOCCOCC(COCCOCCOCCOCCOc3ccc(/C=C/c4ccc(N(C)C(=O)OC(C)(C)C)cc4)cn3)OCCF)nc2)cc1. The molecule has 0 radical (unpaired) electrons. The molecule has 0 aliphatic rings. The van der Waals surface area contributed by atoms with Crippen LogP contribution in [0, 0.1) is 0 Å². The van der Waals surface area contributed by atoms with E-state index in [4.69, 9.17) is 61.6 Å². The first-order valence-electron chi connectivity index (χ1n) is 26.6. The minimum atomic E-state index is -0.602. The second-order valence-corrected chi connectivity index (χ2v) is 19.5. The number of nitrogens with zero attached hydrogens (tertiary/aromatic N) is 4. The van der Waals surface area contributed by atoms with Gasteiger partial charge in [-0.05, 0) is 100 Å². The molecule has 2 aromatic heterocycles. The quantitative estimate of drug-likeness (QED) is 0.0384. The molecule has 79 heavy (non-hydrogen) atoms. The van der Waals surface area contributed by atoms with E-state index < -0.39 is 36.2 Å². The molecule has 19 nitrogen and oxygen atoms in total. The number of aromatic nitrogens is 2. The highest BCUT2D eigenvalue weighted by atomic mass is 19.1. The van der Waals surface area contributed by atoms with E-state index in [0.29, 0.717) is 117 Å². The van der Waals surface area contributed by atoms with Gasteiger partial charge in [0.05, 0.1) is 112 Å².